The molecule has 0 atom stereocenters. The van der Waals surface area contributed by atoms with Crippen LogP contribution < -0.4 is 16.0 Å². The SMILES string of the molecule is C=CCOc1ccc(-c2c(C#N)c(N)[nH]c(=O)c2C#N)cc1Cl. The van der Waals surface area contributed by atoms with Crippen LogP contribution in [0.5, 0.6) is 5.75 Å². The molecular formula is C16H11ClN4O2. The van der Waals surface area contributed by atoms with Crippen LogP contribution in [0.4, 0.5) is 5.82 Å². The molecule has 6 nitrogen and oxygen atoms in total. The molecule has 0 aliphatic heterocycles. The molecule has 0 aliphatic carbocycles. The molecule has 0 saturated carbocycles. The van der Waals surface area contributed by atoms with Gasteiger partial charge in [-0.25, -0.2) is 0 Å². The lowest BCUT2D eigenvalue weighted by Gasteiger charge is -2.11. The highest BCUT2D eigenvalue weighted by atomic mass is 35.5. The summed E-state index contributed by atoms with van der Waals surface area (Å²) >= 11 is 6.14. The van der Waals surface area contributed by atoms with Crippen molar-refractivity contribution < 1.29 is 4.74 Å². The molecule has 0 fully saturated rings. The van der Waals surface area contributed by atoms with Gasteiger partial charge in [-0.3, -0.25) is 4.79 Å². The van der Waals surface area contributed by atoms with Gasteiger partial charge in [0.05, 0.1) is 5.02 Å². The Hall–Kier alpha value is -3.22. The summed E-state index contributed by atoms with van der Waals surface area (Å²) < 4.78 is 5.36. The molecule has 2 rings (SSSR count). The zero-order valence-electron chi connectivity index (χ0n) is 11.9. The van der Waals surface area contributed by atoms with Gasteiger partial charge < -0.3 is 15.5 Å². The van der Waals surface area contributed by atoms with Gasteiger partial charge in [-0.05, 0) is 17.7 Å². The minimum atomic E-state index is -0.665. The summed E-state index contributed by atoms with van der Waals surface area (Å²) in [5.41, 5.74) is 5.38. The largest absolute Gasteiger partial charge is 0.488 e. The van der Waals surface area contributed by atoms with E-state index in [0.717, 1.165) is 0 Å². The van der Waals surface area contributed by atoms with E-state index in [2.05, 4.69) is 11.6 Å². The van der Waals surface area contributed by atoms with E-state index in [1.54, 1.807) is 24.3 Å². The van der Waals surface area contributed by atoms with Crippen molar-refractivity contribution in [3.63, 3.8) is 0 Å². The number of halogens is 1. The summed E-state index contributed by atoms with van der Waals surface area (Å²) in [4.78, 5) is 14.2. The van der Waals surface area contributed by atoms with Crippen molar-refractivity contribution in [2.75, 3.05) is 12.3 Å². The number of H-pyrrole nitrogens is 1. The standard InChI is InChI=1S/C16H11ClN4O2/c1-2-5-23-13-4-3-9(6-12(13)17)14-10(7-18)15(20)21-16(22)11(14)8-19/h2-4,6H,1,5H2,(H3,20,21,22). The van der Waals surface area contributed by atoms with Crippen LogP contribution in [0.3, 0.4) is 0 Å². The summed E-state index contributed by atoms with van der Waals surface area (Å²) in [6.07, 6.45) is 1.57. The van der Waals surface area contributed by atoms with Crippen molar-refractivity contribution in [1.82, 2.24) is 4.98 Å². The second kappa shape index (κ2) is 6.69. The zero-order valence-corrected chi connectivity index (χ0v) is 12.6. The second-order valence-electron chi connectivity index (χ2n) is 4.46. The predicted octanol–water partition coefficient (Wildman–Crippen LogP) is 2.59. The average molecular weight is 327 g/mol. The maximum Gasteiger partial charge on any atom is 0.268 e. The van der Waals surface area contributed by atoms with Gasteiger partial charge in [0, 0.05) is 5.56 Å². The van der Waals surface area contributed by atoms with Gasteiger partial charge in [-0.1, -0.05) is 30.3 Å². The first-order chi connectivity index (χ1) is 11.0. The normalized spacial score (nSPS) is 9.70. The van der Waals surface area contributed by atoms with Crippen molar-refractivity contribution in [2.45, 2.75) is 0 Å². The minimum Gasteiger partial charge on any atom is -0.488 e. The first kappa shape index (κ1) is 16.2. The Morgan fingerprint density at radius 1 is 1.35 bits per heavy atom. The molecule has 0 saturated heterocycles. The first-order valence-corrected chi connectivity index (χ1v) is 6.80. The van der Waals surface area contributed by atoms with Crippen molar-refractivity contribution in [3.8, 4) is 29.0 Å². The monoisotopic (exact) mass is 326 g/mol. The Kier molecular flexibility index (Phi) is 4.70. The van der Waals surface area contributed by atoms with E-state index in [1.807, 2.05) is 6.07 Å². The number of ether oxygens (including phenoxy) is 1. The Labute approximate surface area is 137 Å². The number of rotatable bonds is 4. The molecule has 7 heteroatoms. The number of pyridine rings is 1. The Morgan fingerprint density at radius 2 is 2.04 bits per heavy atom. The Bertz CT molecular complexity index is 919. The number of nitriles is 2. The van der Waals surface area contributed by atoms with Gasteiger partial charge in [-0.2, -0.15) is 10.5 Å². The summed E-state index contributed by atoms with van der Waals surface area (Å²) in [6, 6.07) is 8.38. The quantitative estimate of drug-likeness (QED) is 0.838. The van der Waals surface area contributed by atoms with Crippen LogP contribution in [0.2, 0.25) is 5.02 Å². The number of hydrogen-bond acceptors (Lipinski definition) is 5. The highest BCUT2D eigenvalue weighted by molar-refractivity contribution is 6.32. The molecule has 0 spiro atoms. The molecule has 0 amide bonds. The van der Waals surface area contributed by atoms with E-state index in [-0.39, 0.29) is 34.1 Å². The molecule has 114 valence electrons. The van der Waals surface area contributed by atoms with Crippen LogP contribution in [0.1, 0.15) is 11.1 Å². The van der Waals surface area contributed by atoms with Gasteiger partial charge in [0.15, 0.2) is 0 Å². The lowest BCUT2D eigenvalue weighted by molar-refractivity contribution is 0.363. The number of benzene rings is 1. The van der Waals surface area contributed by atoms with E-state index in [0.29, 0.717) is 11.3 Å². The van der Waals surface area contributed by atoms with Crippen LogP contribution in [-0.2, 0) is 0 Å². The molecule has 23 heavy (non-hydrogen) atoms. The highest BCUT2D eigenvalue weighted by Crippen LogP contribution is 2.33. The van der Waals surface area contributed by atoms with E-state index >= 15 is 0 Å². The van der Waals surface area contributed by atoms with Crippen molar-refractivity contribution in [1.29, 1.82) is 10.5 Å². The molecule has 0 bridgehead atoms. The van der Waals surface area contributed by atoms with Crippen LogP contribution in [0.25, 0.3) is 11.1 Å². The third-order valence-corrected chi connectivity index (χ3v) is 3.34. The van der Waals surface area contributed by atoms with Gasteiger partial charge >= 0.3 is 0 Å². The molecule has 0 aliphatic rings. The summed E-state index contributed by atoms with van der Waals surface area (Å²) in [5.74, 6) is 0.319. The predicted molar refractivity (Wildman–Crippen MR) is 87.0 cm³/mol. The van der Waals surface area contributed by atoms with Crippen LogP contribution >= 0.6 is 11.6 Å². The van der Waals surface area contributed by atoms with Crippen LogP contribution in [0, 0.1) is 22.7 Å². The van der Waals surface area contributed by atoms with Gasteiger partial charge in [0.1, 0.15) is 41.4 Å². The summed E-state index contributed by atoms with van der Waals surface area (Å²) in [6.45, 7) is 3.82. The fourth-order valence-corrected chi connectivity index (χ4v) is 2.29. The third kappa shape index (κ3) is 3.03. The van der Waals surface area contributed by atoms with Gasteiger partial charge in [-0.15, -0.1) is 0 Å². The number of nitrogens with zero attached hydrogens (tertiary/aromatic N) is 2. The third-order valence-electron chi connectivity index (χ3n) is 3.05. The number of nitrogen functional groups attached to an aromatic ring is 1. The Balaban J connectivity index is 2.70. The molecule has 0 radical (unpaired) electrons. The van der Waals surface area contributed by atoms with Crippen LogP contribution in [0.15, 0.2) is 35.6 Å². The van der Waals surface area contributed by atoms with Gasteiger partial charge in [0.2, 0.25) is 0 Å². The van der Waals surface area contributed by atoms with Crippen LogP contribution in [-0.4, -0.2) is 11.6 Å². The van der Waals surface area contributed by atoms with Gasteiger partial charge in [0.25, 0.3) is 5.56 Å². The highest BCUT2D eigenvalue weighted by Gasteiger charge is 2.19. The minimum absolute atomic E-state index is 0.0111. The van der Waals surface area contributed by atoms with E-state index in [1.165, 1.54) is 6.07 Å². The van der Waals surface area contributed by atoms with E-state index < -0.39 is 5.56 Å². The number of anilines is 1. The maximum atomic E-state index is 11.9. The van der Waals surface area contributed by atoms with E-state index in [9.17, 15) is 15.3 Å². The molecule has 3 N–H and O–H groups in total. The molecular weight excluding hydrogens is 316 g/mol. The second-order valence-corrected chi connectivity index (χ2v) is 4.87. The zero-order chi connectivity index (χ0) is 17.0. The van der Waals surface area contributed by atoms with Crippen molar-refractivity contribution in [2.24, 2.45) is 0 Å². The molecule has 1 aromatic carbocycles. The number of aromatic amines is 1. The lowest BCUT2D eigenvalue weighted by Crippen LogP contribution is -2.16. The lowest BCUT2D eigenvalue weighted by atomic mass is 9.96. The van der Waals surface area contributed by atoms with Crippen molar-refractivity contribution >= 4 is 17.4 Å². The molecule has 1 aromatic heterocycles. The summed E-state index contributed by atoms with van der Waals surface area (Å²) in [5, 5.41) is 18.8. The maximum absolute atomic E-state index is 11.9. The number of aromatic nitrogens is 1. The molecule has 2 aromatic rings. The fourth-order valence-electron chi connectivity index (χ4n) is 2.05. The average Bonchev–Trinajstić information content (AvgIpc) is 2.53. The van der Waals surface area contributed by atoms with E-state index in [4.69, 9.17) is 22.1 Å². The Morgan fingerprint density at radius 3 is 2.61 bits per heavy atom. The number of nitrogens with two attached hydrogens (primary N) is 1. The first-order valence-electron chi connectivity index (χ1n) is 6.43. The number of nitrogens with one attached hydrogen (secondary N) is 1. The fraction of sp³-hybridized carbons (Fsp3) is 0.0625. The summed E-state index contributed by atoms with van der Waals surface area (Å²) in [7, 11) is 0. The molecule has 1 heterocycles. The topological polar surface area (TPSA) is 116 Å². The smallest absolute Gasteiger partial charge is 0.268 e. The number of hydrogen-bond donors (Lipinski definition) is 2. The van der Waals surface area contributed by atoms with Crippen molar-refractivity contribution in [3.05, 3.63) is 57.4 Å². The molecule has 0 unspecified atom stereocenters.